The average Bonchev–Trinajstić information content (AvgIpc) is 3.21. The molecule has 0 radical (unpaired) electrons. The summed E-state index contributed by atoms with van der Waals surface area (Å²) in [4.78, 5) is 12.9. The molecule has 0 fully saturated rings. The highest BCUT2D eigenvalue weighted by Crippen LogP contribution is 2.26. The van der Waals surface area contributed by atoms with Crippen LogP contribution in [0.3, 0.4) is 0 Å². The molecule has 1 unspecified atom stereocenters. The maximum Gasteiger partial charge on any atom is 0.235 e. The van der Waals surface area contributed by atoms with Crippen LogP contribution >= 0.6 is 0 Å². The molecule has 7 nitrogen and oxygen atoms in total. The topological polar surface area (TPSA) is 92.8 Å². The zero-order chi connectivity index (χ0) is 18.4. The van der Waals surface area contributed by atoms with E-state index in [0.29, 0.717) is 12.2 Å². The van der Waals surface area contributed by atoms with Gasteiger partial charge >= 0.3 is 0 Å². The van der Waals surface area contributed by atoms with Crippen LogP contribution in [0.1, 0.15) is 29.8 Å². The van der Waals surface area contributed by atoms with Crippen molar-refractivity contribution in [1.29, 1.82) is 0 Å². The molecule has 3 rings (SSSR count). The number of tetrazole rings is 1. The smallest absolute Gasteiger partial charge is 0.235 e. The lowest BCUT2D eigenvalue weighted by atomic mass is 9.97. The van der Waals surface area contributed by atoms with Gasteiger partial charge < -0.3 is 10.1 Å². The van der Waals surface area contributed by atoms with Crippen LogP contribution in [-0.2, 0) is 17.6 Å². The number of aromatic nitrogens is 4. The molecule has 2 N–H and O–H groups in total. The van der Waals surface area contributed by atoms with E-state index in [4.69, 9.17) is 4.74 Å². The Morgan fingerprint density at radius 1 is 1.19 bits per heavy atom. The first-order valence-electron chi connectivity index (χ1n) is 8.46. The van der Waals surface area contributed by atoms with Crippen molar-refractivity contribution in [3.05, 3.63) is 65.5 Å². The second-order valence-electron chi connectivity index (χ2n) is 5.88. The molecule has 2 aromatic carbocycles. The monoisotopic (exact) mass is 351 g/mol. The third kappa shape index (κ3) is 4.05. The predicted molar refractivity (Wildman–Crippen MR) is 98.1 cm³/mol. The zero-order valence-corrected chi connectivity index (χ0v) is 14.8. The summed E-state index contributed by atoms with van der Waals surface area (Å²) in [6.45, 7) is 2.09. The third-order valence-corrected chi connectivity index (χ3v) is 4.24. The number of hydrogen-bond acceptors (Lipinski definition) is 5. The summed E-state index contributed by atoms with van der Waals surface area (Å²) in [6, 6.07) is 15.4. The summed E-state index contributed by atoms with van der Waals surface area (Å²) in [5, 5.41) is 17.0. The summed E-state index contributed by atoms with van der Waals surface area (Å²) in [5.74, 6) is 0.289. The number of hydrogen-bond donors (Lipinski definition) is 2. The second-order valence-corrected chi connectivity index (χ2v) is 5.88. The van der Waals surface area contributed by atoms with Crippen molar-refractivity contribution in [2.24, 2.45) is 0 Å². The number of aryl methyl sites for hydroxylation is 1. The van der Waals surface area contributed by atoms with Crippen molar-refractivity contribution in [3.63, 3.8) is 0 Å². The van der Waals surface area contributed by atoms with Gasteiger partial charge in [0.05, 0.1) is 7.11 Å². The van der Waals surface area contributed by atoms with Crippen molar-refractivity contribution in [3.8, 4) is 5.75 Å². The normalized spacial score (nSPS) is 11.8. The highest BCUT2D eigenvalue weighted by atomic mass is 16.5. The minimum absolute atomic E-state index is 0.193. The quantitative estimate of drug-likeness (QED) is 0.683. The minimum atomic E-state index is -0.587. The van der Waals surface area contributed by atoms with Gasteiger partial charge in [0.2, 0.25) is 5.91 Å². The molecule has 3 aromatic rings. The fourth-order valence-electron chi connectivity index (χ4n) is 2.76. The van der Waals surface area contributed by atoms with E-state index in [1.54, 1.807) is 7.11 Å². The fourth-order valence-corrected chi connectivity index (χ4v) is 2.76. The Hall–Kier alpha value is -3.22. The molecule has 0 bridgehead atoms. The number of anilines is 1. The van der Waals surface area contributed by atoms with Crippen LogP contribution < -0.4 is 10.1 Å². The lowest BCUT2D eigenvalue weighted by molar-refractivity contribution is -0.117. The van der Waals surface area contributed by atoms with E-state index in [1.807, 2.05) is 48.5 Å². The molecule has 1 atom stereocenters. The zero-order valence-electron chi connectivity index (χ0n) is 14.8. The van der Waals surface area contributed by atoms with Gasteiger partial charge in [-0.2, -0.15) is 5.21 Å². The molecule has 1 aromatic heterocycles. The van der Waals surface area contributed by atoms with Gasteiger partial charge in [-0.05, 0) is 42.2 Å². The first kappa shape index (κ1) is 17.6. The highest BCUT2D eigenvalue weighted by molar-refractivity contribution is 5.95. The maximum absolute atomic E-state index is 12.9. The Morgan fingerprint density at radius 2 is 1.96 bits per heavy atom. The lowest BCUT2D eigenvalue weighted by Gasteiger charge is -2.16. The first-order chi connectivity index (χ1) is 12.7. The molecular weight excluding hydrogens is 330 g/mol. The third-order valence-electron chi connectivity index (χ3n) is 4.24. The Bertz CT molecular complexity index is 847. The van der Waals surface area contributed by atoms with Gasteiger partial charge in [-0.3, -0.25) is 4.79 Å². The summed E-state index contributed by atoms with van der Waals surface area (Å²) in [7, 11) is 1.61. The van der Waals surface area contributed by atoms with Gasteiger partial charge in [-0.25, -0.2) is 0 Å². The molecule has 26 heavy (non-hydrogen) atoms. The van der Waals surface area contributed by atoms with Crippen LogP contribution in [0.15, 0.2) is 48.5 Å². The van der Waals surface area contributed by atoms with E-state index in [9.17, 15) is 4.79 Å². The van der Waals surface area contributed by atoms with E-state index in [2.05, 4.69) is 32.9 Å². The number of amides is 1. The fraction of sp³-hybridized carbons (Fsp3) is 0.263. The Balaban J connectivity index is 1.82. The standard InChI is InChI=1S/C19H21N5O2/c1-3-13-8-10-15(11-9-13)20-19(25)16(18-21-23-24-22-18)12-14-6-4-5-7-17(14)26-2/h4-11,16H,3,12H2,1-2H3,(H,20,25)(H,21,22,23,24). The van der Waals surface area contributed by atoms with Gasteiger partial charge in [0, 0.05) is 5.69 Å². The molecule has 0 saturated heterocycles. The number of nitrogens with one attached hydrogen (secondary N) is 2. The van der Waals surface area contributed by atoms with Crippen LogP contribution in [0.2, 0.25) is 0 Å². The Kier molecular flexibility index (Phi) is 5.58. The van der Waals surface area contributed by atoms with Gasteiger partial charge in [-0.15, -0.1) is 10.2 Å². The molecule has 0 aliphatic carbocycles. The van der Waals surface area contributed by atoms with Crippen LogP contribution in [0.5, 0.6) is 5.75 Å². The Morgan fingerprint density at radius 3 is 2.62 bits per heavy atom. The van der Waals surface area contributed by atoms with E-state index >= 15 is 0 Å². The second kappa shape index (κ2) is 8.24. The summed E-state index contributed by atoms with van der Waals surface area (Å²) in [6.07, 6.45) is 1.36. The first-order valence-corrected chi connectivity index (χ1v) is 8.46. The summed E-state index contributed by atoms with van der Waals surface area (Å²) in [5.41, 5.74) is 2.86. The molecule has 0 aliphatic heterocycles. The van der Waals surface area contributed by atoms with Gasteiger partial charge in [0.1, 0.15) is 11.7 Å². The number of carbonyl (C=O) groups excluding carboxylic acids is 1. The largest absolute Gasteiger partial charge is 0.496 e. The molecule has 0 saturated carbocycles. The van der Waals surface area contributed by atoms with Gasteiger partial charge in [0.25, 0.3) is 0 Å². The number of nitrogens with zero attached hydrogens (tertiary/aromatic N) is 3. The molecule has 0 aliphatic rings. The number of H-pyrrole nitrogens is 1. The number of benzene rings is 2. The van der Waals surface area contributed by atoms with Crippen LogP contribution in [-0.4, -0.2) is 33.6 Å². The SMILES string of the molecule is CCc1ccc(NC(=O)C(Cc2ccccc2OC)c2nn[nH]n2)cc1. The lowest BCUT2D eigenvalue weighted by Crippen LogP contribution is -2.24. The van der Waals surface area contributed by atoms with E-state index in [1.165, 1.54) is 5.56 Å². The van der Waals surface area contributed by atoms with Crippen LogP contribution in [0.4, 0.5) is 5.69 Å². The maximum atomic E-state index is 12.9. The molecule has 1 amide bonds. The van der Waals surface area contributed by atoms with Crippen LogP contribution in [0.25, 0.3) is 0 Å². The number of rotatable bonds is 7. The van der Waals surface area contributed by atoms with Gasteiger partial charge in [-0.1, -0.05) is 42.5 Å². The van der Waals surface area contributed by atoms with E-state index < -0.39 is 5.92 Å². The van der Waals surface area contributed by atoms with Crippen molar-refractivity contribution < 1.29 is 9.53 Å². The van der Waals surface area contributed by atoms with E-state index in [-0.39, 0.29) is 5.91 Å². The average molecular weight is 351 g/mol. The number of para-hydroxylation sites is 1. The summed E-state index contributed by atoms with van der Waals surface area (Å²) < 4.78 is 5.39. The number of carbonyl (C=O) groups is 1. The van der Waals surface area contributed by atoms with Crippen LogP contribution in [0, 0.1) is 0 Å². The molecular formula is C19H21N5O2. The minimum Gasteiger partial charge on any atom is -0.496 e. The van der Waals surface area contributed by atoms with Crippen molar-refractivity contribution >= 4 is 11.6 Å². The highest BCUT2D eigenvalue weighted by Gasteiger charge is 2.26. The molecule has 134 valence electrons. The van der Waals surface area contributed by atoms with Crippen molar-refractivity contribution in [2.75, 3.05) is 12.4 Å². The number of ether oxygens (including phenoxy) is 1. The predicted octanol–water partition coefficient (Wildman–Crippen LogP) is 2.74. The number of methoxy groups -OCH3 is 1. The number of aromatic amines is 1. The van der Waals surface area contributed by atoms with E-state index in [0.717, 1.165) is 23.4 Å². The van der Waals surface area contributed by atoms with Crippen molar-refractivity contribution in [2.45, 2.75) is 25.7 Å². The molecule has 0 spiro atoms. The molecule has 1 heterocycles. The van der Waals surface area contributed by atoms with Gasteiger partial charge in [0.15, 0.2) is 5.82 Å². The summed E-state index contributed by atoms with van der Waals surface area (Å²) >= 11 is 0. The molecule has 7 heteroatoms. The Labute approximate surface area is 151 Å². The van der Waals surface area contributed by atoms with Crippen molar-refractivity contribution in [1.82, 2.24) is 20.6 Å².